The maximum absolute atomic E-state index is 13.0. The Kier molecular flexibility index (Phi) is 7.49. The molecular weight excluding hydrogens is 382 g/mol. The zero-order valence-corrected chi connectivity index (χ0v) is 18.8. The van der Waals surface area contributed by atoms with Crippen molar-refractivity contribution in [2.45, 2.75) is 77.0 Å². The number of hydrogen-bond acceptors (Lipinski definition) is 3. The Morgan fingerprint density at radius 1 is 1.00 bits per heavy atom. The minimum absolute atomic E-state index is 0.0463. The number of ether oxygens (including phenoxy) is 1. The number of carbonyl (C=O) groups excluding carboxylic acids is 1. The van der Waals surface area contributed by atoms with Crippen LogP contribution in [0.2, 0.25) is 0 Å². The molecule has 1 aromatic carbocycles. The molecule has 3 aliphatic rings. The molecule has 0 bridgehead atoms. The quantitative estimate of drug-likeness (QED) is 0.281. The molecule has 31 heavy (non-hydrogen) atoms. The molecule has 0 aliphatic heterocycles. The van der Waals surface area contributed by atoms with Crippen LogP contribution in [-0.2, 0) is 4.79 Å². The first kappa shape index (κ1) is 22.1. The first-order valence-corrected chi connectivity index (χ1v) is 12.5. The van der Waals surface area contributed by atoms with Gasteiger partial charge in [0.25, 0.3) is 0 Å². The number of esters is 1. The minimum atomic E-state index is -0.0550. The van der Waals surface area contributed by atoms with Gasteiger partial charge in [0.15, 0.2) is 0 Å². The molecule has 4 rings (SSSR count). The second kappa shape index (κ2) is 10.5. The van der Waals surface area contributed by atoms with Crippen LogP contribution in [0.25, 0.3) is 0 Å². The zero-order valence-electron chi connectivity index (χ0n) is 18.8. The van der Waals surface area contributed by atoms with E-state index >= 15 is 0 Å². The van der Waals surface area contributed by atoms with Crippen molar-refractivity contribution >= 4 is 5.97 Å². The van der Waals surface area contributed by atoms with Gasteiger partial charge in [-0.25, -0.2) is 0 Å². The van der Waals surface area contributed by atoms with Crippen molar-refractivity contribution in [1.29, 1.82) is 5.26 Å². The van der Waals surface area contributed by atoms with E-state index in [0.29, 0.717) is 23.1 Å². The lowest BCUT2D eigenvalue weighted by atomic mass is 9.59. The zero-order chi connectivity index (χ0) is 21.6. The highest BCUT2D eigenvalue weighted by Gasteiger charge is 2.43. The summed E-state index contributed by atoms with van der Waals surface area (Å²) < 4.78 is 5.73. The number of allylic oxidation sites excluding steroid dienone is 1. The van der Waals surface area contributed by atoms with Crippen molar-refractivity contribution in [2.24, 2.45) is 35.5 Å². The largest absolute Gasteiger partial charge is 0.426 e. The third-order valence-corrected chi connectivity index (χ3v) is 8.53. The van der Waals surface area contributed by atoms with Crippen LogP contribution in [0.1, 0.15) is 82.6 Å². The number of nitrogens with zero attached hydrogens (tertiary/aromatic N) is 1. The molecule has 3 aliphatic carbocycles. The van der Waals surface area contributed by atoms with E-state index in [1.807, 2.05) is 0 Å². The van der Waals surface area contributed by atoms with Crippen LogP contribution in [0.3, 0.4) is 0 Å². The maximum Gasteiger partial charge on any atom is 0.314 e. The fourth-order valence-corrected chi connectivity index (χ4v) is 6.81. The van der Waals surface area contributed by atoms with Crippen LogP contribution in [-0.4, -0.2) is 5.97 Å². The minimum Gasteiger partial charge on any atom is -0.426 e. The van der Waals surface area contributed by atoms with Crippen LogP contribution in [0.4, 0.5) is 0 Å². The number of nitriles is 1. The lowest BCUT2D eigenvalue weighted by Crippen LogP contribution is -2.40. The molecule has 3 nitrogen and oxygen atoms in total. The summed E-state index contributed by atoms with van der Waals surface area (Å²) in [5.41, 5.74) is 0.589. The molecule has 3 saturated carbocycles. The van der Waals surface area contributed by atoms with Gasteiger partial charge in [-0.3, -0.25) is 4.79 Å². The molecule has 4 unspecified atom stereocenters. The summed E-state index contributed by atoms with van der Waals surface area (Å²) in [6, 6.07) is 9.00. The summed E-state index contributed by atoms with van der Waals surface area (Å²) in [6.45, 7) is 3.88. The van der Waals surface area contributed by atoms with Gasteiger partial charge >= 0.3 is 5.97 Å². The molecular formula is C28H37NO2. The fourth-order valence-electron chi connectivity index (χ4n) is 6.81. The van der Waals surface area contributed by atoms with Crippen molar-refractivity contribution in [1.82, 2.24) is 0 Å². The predicted molar refractivity (Wildman–Crippen MR) is 123 cm³/mol. The van der Waals surface area contributed by atoms with Crippen LogP contribution >= 0.6 is 0 Å². The van der Waals surface area contributed by atoms with Gasteiger partial charge in [0, 0.05) is 0 Å². The van der Waals surface area contributed by atoms with Gasteiger partial charge in [-0.15, -0.1) is 6.58 Å². The Hall–Kier alpha value is -2.08. The molecule has 3 heteroatoms. The average molecular weight is 420 g/mol. The van der Waals surface area contributed by atoms with Crippen molar-refractivity contribution < 1.29 is 9.53 Å². The standard InChI is InChI=1S/C28H37NO2/c1-2-3-5-20-8-12-22(13-9-20)23-14-17-26-24(18-23)6-4-7-27(26)28(30)31-25-15-10-21(19-29)11-16-25/h2,10-11,15-16,20,22-24,26-27H,1,3-9,12-14,17-18H2. The van der Waals surface area contributed by atoms with Gasteiger partial charge < -0.3 is 4.74 Å². The van der Waals surface area contributed by atoms with Gasteiger partial charge in [0.05, 0.1) is 17.6 Å². The Morgan fingerprint density at radius 3 is 2.45 bits per heavy atom. The van der Waals surface area contributed by atoms with Gasteiger partial charge in [-0.1, -0.05) is 31.8 Å². The average Bonchev–Trinajstić information content (AvgIpc) is 2.82. The molecule has 0 radical (unpaired) electrons. The van der Waals surface area contributed by atoms with E-state index in [-0.39, 0.29) is 11.9 Å². The highest BCUT2D eigenvalue weighted by atomic mass is 16.5. The smallest absolute Gasteiger partial charge is 0.314 e. The van der Waals surface area contributed by atoms with Gasteiger partial charge in [-0.2, -0.15) is 5.26 Å². The second-order valence-corrected chi connectivity index (χ2v) is 10.2. The summed E-state index contributed by atoms with van der Waals surface area (Å²) in [6.07, 6.45) is 17.4. The molecule has 1 aromatic rings. The first-order valence-electron chi connectivity index (χ1n) is 12.5. The first-order chi connectivity index (χ1) is 15.2. The fraction of sp³-hybridized carbons (Fsp3) is 0.643. The number of benzene rings is 1. The third-order valence-electron chi connectivity index (χ3n) is 8.53. The molecule has 0 amide bonds. The number of fused-ring (bicyclic) bond motifs is 1. The lowest BCUT2D eigenvalue weighted by molar-refractivity contribution is -0.144. The van der Waals surface area contributed by atoms with Crippen molar-refractivity contribution in [2.75, 3.05) is 0 Å². The van der Waals surface area contributed by atoms with Crippen molar-refractivity contribution in [3.8, 4) is 11.8 Å². The van der Waals surface area contributed by atoms with E-state index in [0.717, 1.165) is 30.6 Å². The van der Waals surface area contributed by atoms with E-state index in [9.17, 15) is 4.79 Å². The second-order valence-electron chi connectivity index (χ2n) is 10.2. The molecule has 0 saturated heterocycles. The van der Waals surface area contributed by atoms with Crippen molar-refractivity contribution in [3.63, 3.8) is 0 Å². The Bertz CT molecular complexity index is 784. The highest BCUT2D eigenvalue weighted by molar-refractivity contribution is 5.75. The predicted octanol–water partition coefficient (Wildman–Crippen LogP) is 7.07. The Morgan fingerprint density at radius 2 is 1.74 bits per heavy atom. The third kappa shape index (κ3) is 5.40. The summed E-state index contributed by atoms with van der Waals surface area (Å²) in [5.74, 6) is 4.45. The SMILES string of the molecule is C=CCCC1CCC(C2CCC3C(CCCC3C(=O)Oc3ccc(C#N)cc3)C2)CC1. The number of rotatable bonds is 6. The van der Waals surface area contributed by atoms with E-state index in [4.69, 9.17) is 10.00 Å². The topological polar surface area (TPSA) is 50.1 Å². The molecule has 4 atom stereocenters. The van der Waals surface area contributed by atoms with E-state index in [1.165, 1.54) is 64.2 Å². The highest BCUT2D eigenvalue weighted by Crippen LogP contribution is 2.50. The Labute approximate surface area is 187 Å². The van der Waals surface area contributed by atoms with Crippen LogP contribution in [0.15, 0.2) is 36.9 Å². The van der Waals surface area contributed by atoms with Crippen LogP contribution in [0, 0.1) is 46.8 Å². The summed E-state index contributed by atoms with van der Waals surface area (Å²) in [7, 11) is 0. The lowest BCUT2D eigenvalue weighted by Gasteiger charge is -2.46. The normalized spacial score (nSPS) is 33.0. The molecule has 3 fully saturated rings. The van der Waals surface area contributed by atoms with Gasteiger partial charge in [-0.05, 0) is 105 Å². The summed E-state index contributed by atoms with van der Waals surface area (Å²) in [4.78, 5) is 13.0. The van der Waals surface area contributed by atoms with Gasteiger partial charge in [0.2, 0.25) is 0 Å². The summed E-state index contributed by atoms with van der Waals surface area (Å²) in [5, 5.41) is 8.95. The molecule has 0 spiro atoms. The van der Waals surface area contributed by atoms with E-state index in [1.54, 1.807) is 24.3 Å². The maximum atomic E-state index is 13.0. The van der Waals surface area contributed by atoms with Crippen LogP contribution in [0.5, 0.6) is 5.75 Å². The van der Waals surface area contributed by atoms with E-state index < -0.39 is 0 Å². The molecule has 166 valence electrons. The van der Waals surface area contributed by atoms with Crippen molar-refractivity contribution in [3.05, 3.63) is 42.5 Å². The number of hydrogen-bond donors (Lipinski definition) is 0. The monoisotopic (exact) mass is 419 g/mol. The van der Waals surface area contributed by atoms with Gasteiger partial charge in [0.1, 0.15) is 5.75 Å². The Balaban J connectivity index is 1.30. The molecule has 0 aromatic heterocycles. The van der Waals surface area contributed by atoms with E-state index in [2.05, 4.69) is 18.7 Å². The number of carbonyl (C=O) groups is 1. The molecule has 0 heterocycles. The summed E-state index contributed by atoms with van der Waals surface area (Å²) >= 11 is 0. The van der Waals surface area contributed by atoms with Crippen LogP contribution < -0.4 is 4.74 Å². The molecule has 0 N–H and O–H groups in total.